The maximum atomic E-state index is 13.1. The number of hydrogen-bond donors (Lipinski definition) is 1. The predicted molar refractivity (Wildman–Crippen MR) is 121 cm³/mol. The number of benzene rings is 1. The SMILES string of the molecule is CCOCc1ccc(C(=O)N2CCC[C@@H](c3nc4c(c(NC)n3)CN(C)CC4)C2)cc1. The first-order valence-corrected chi connectivity index (χ1v) is 11.3. The van der Waals surface area contributed by atoms with Gasteiger partial charge in [0.2, 0.25) is 0 Å². The van der Waals surface area contributed by atoms with Gasteiger partial charge in [-0.2, -0.15) is 0 Å². The number of carbonyl (C=O) groups is 1. The van der Waals surface area contributed by atoms with E-state index in [4.69, 9.17) is 14.7 Å². The second-order valence-corrected chi connectivity index (χ2v) is 8.52. The fraction of sp³-hybridized carbons (Fsp3) is 0.542. The molecule has 31 heavy (non-hydrogen) atoms. The molecule has 0 radical (unpaired) electrons. The van der Waals surface area contributed by atoms with Gasteiger partial charge in [-0.05, 0) is 44.5 Å². The molecule has 1 fully saturated rings. The summed E-state index contributed by atoms with van der Waals surface area (Å²) in [7, 11) is 4.05. The van der Waals surface area contributed by atoms with Crippen molar-refractivity contribution >= 4 is 11.7 Å². The quantitative estimate of drug-likeness (QED) is 0.770. The normalized spacial score (nSPS) is 19.2. The molecule has 166 valence electrons. The minimum absolute atomic E-state index is 0.0843. The largest absolute Gasteiger partial charge is 0.377 e. The van der Waals surface area contributed by atoms with Crippen LogP contribution in [0.15, 0.2) is 24.3 Å². The molecule has 1 aromatic heterocycles. The van der Waals surface area contributed by atoms with E-state index in [1.807, 2.05) is 43.1 Å². The Morgan fingerprint density at radius 2 is 2.03 bits per heavy atom. The fourth-order valence-electron chi connectivity index (χ4n) is 4.48. The molecule has 1 atom stereocenters. The molecule has 0 saturated carbocycles. The van der Waals surface area contributed by atoms with Crippen molar-refractivity contribution in [3.05, 3.63) is 52.5 Å². The Kier molecular flexibility index (Phi) is 6.83. The number of hydrogen-bond acceptors (Lipinski definition) is 6. The van der Waals surface area contributed by atoms with E-state index in [1.54, 1.807) is 0 Å². The van der Waals surface area contributed by atoms with Crippen LogP contribution in [0.5, 0.6) is 0 Å². The van der Waals surface area contributed by atoms with Crippen molar-refractivity contribution in [2.24, 2.45) is 0 Å². The summed E-state index contributed by atoms with van der Waals surface area (Å²) >= 11 is 0. The highest BCUT2D eigenvalue weighted by molar-refractivity contribution is 5.94. The maximum Gasteiger partial charge on any atom is 0.253 e. The lowest BCUT2D eigenvalue weighted by atomic mass is 9.95. The molecule has 2 aliphatic heterocycles. The molecule has 0 unspecified atom stereocenters. The summed E-state index contributed by atoms with van der Waals surface area (Å²) in [6.07, 6.45) is 2.93. The molecule has 7 nitrogen and oxygen atoms in total. The highest BCUT2D eigenvalue weighted by atomic mass is 16.5. The van der Waals surface area contributed by atoms with Crippen molar-refractivity contribution in [2.45, 2.75) is 45.3 Å². The maximum absolute atomic E-state index is 13.1. The van der Waals surface area contributed by atoms with Gasteiger partial charge in [-0.15, -0.1) is 0 Å². The number of nitrogens with one attached hydrogen (secondary N) is 1. The lowest BCUT2D eigenvalue weighted by molar-refractivity contribution is 0.0704. The summed E-state index contributed by atoms with van der Waals surface area (Å²) in [4.78, 5) is 27.2. The molecule has 2 aliphatic rings. The van der Waals surface area contributed by atoms with E-state index < -0.39 is 0 Å². The second-order valence-electron chi connectivity index (χ2n) is 8.52. The van der Waals surface area contributed by atoms with Gasteiger partial charge in [-0.3, -0.25) is 4.79 Å². The topological polar surface area (TPSA) is 70.6 Å². The standard InChI is InChI=1S/C24H33N5O2/c1-4-31-16-17-7-9-18(10-8-17)24(30)29-12-5-6-19(14-29)22-26-21-11-13-28(3)15-20(21)23(25-2)27-22/h7-10,19H,4-6,11-16H2,1-3H3,(H,25,26,27)/t19-/m1/s1. The van der Waals surface area contributed by atoms with E-state index in [2.05, 4.69) is 17.3 Å². The van der Waals surface area contributed by atoms with Crippen LogP contribution < -0.4 is 5.32 Å². The van der Waals surface area contributed by atoms with Crippen molar-refractivity contribution in [1.82, 2.24) is 19.8 Å². The molecular formula is C24H33N5O2. The summed E-state index contributed by atoms with van der Waals surface area (Å²) in [5.74, 6) is 2.06. The fourth-order valence-corrected chi connectivity index (χ4v) is 4.48. The van der Waals surface area contributed by atoms with Crippen molar-refractivity contribution in [2.75, 3.05) is 45.7 Å². The van der Waals surface area contributed by atoms with Crippen LogP contribution in [0.4, 0.5) is 5.82 Å². The average Bonchev–Trinajstić information content (AvgIpc) is 2.82. The number of ether oxygens (including phenoxy) is 1. The zero-order chi connectivity index (χ0) is 21.8. The molecule has 3 heterocycles. The summed E-state index contributed by atoms with van der Waals surface area (Å²) in [5, 5.41) is 3.27. The van der Waals surface area contributed by atoms with Gasteiger partial charge in [0.25, 0.3) is 5.91 Å². The number of amides is 1. The van der Waals surface area contributed by atoms with Crippen molar-refractivity contribution in [3.8, 4) is 0 Å². The van der Waals surface area contributed by atoms with Gasteiger partial charge >= 0.3 is 0 Å². The molecule has 2 aromatic rings. The summed E-state index contributed by atoms with van der Waals surface area (Å²) in [6.45, 7) is 6.59. The number of piperidine rings is 1. The first-order chi connectivity index (χ1) is 15.1. The third kappa shape index (κ3) is 4.88. The molecule has 7 heteroatoms. The van der Waals surface area contributed by atoms with Crippen LogP contribution in [0, 0.1) is 0 Å². The van der Waals surface area contributed by atoms with E-state index >= 15 is 0 Å². The van der Waals surface area contributed by atoms with Crippen LogP contribution in [-0.2, 0) is 24.3 Å². The first kappa shape index (κ1) is 21.7. The summed E-state index contributed by atoms with van der Waals surface area (Å²) < 4.78 is 5.45. The van der Waals surface area contributed by atoms with E-state index in [0.717, 1.165) is 67.4 Å². The van der Waals surface area contributed by atoms with Crippen LogP contribution in [0.3, 0.4) is 0 Å². The highest BCUT2D eigenvalue weighted by Gasteiger charge is 2.29. The van der Waals surface area contributed by atoms with Gasteiger partial charge in [-0.25, -0.2) is 9.97 Å². The number of aromatic nitrogens is 2. The molecule has 1 amide bonds. The number of likely N-dealkylation sites (N-methyl/N-ethyl adjacent to an activating group) is 1. The Morgan fingerprint density at radius 1 is 1.23 bits per heavy atom. The molecule has 1 aromatic carbocycles. The zero-order valence-electron chi connectivity index (χ0n) is 18.9. The van der Waals surface area contributed by atoms with Gasteiger partial charge in [-0.1, -0.05) is 12.1 Å². The molecule has 0 spiro atoms. The second kappa shape index (κ2) is 9.75. The Bertz CT molecular complexity index is 898. The van der Waals surface area contributed by atoms with Crippen molar-refractivity contribution in [3.63, 3.8) is 0 Å². The van der Waals surface area contributed by atoms with Gasteiger partial charge in [0.05, 0.1) is 12.3 Å². The van der Waals surface area contributed by atoms with Crippen molar-refractivity contribution < 1.29 is 9.53 Å². The van der Waals surface area contributed by atoms with Crippen LogP contribution in [0.2, 0.25) is 0 Å². The Balaban J connectivity index is 1.49. The van der Waals surface area contributed by atoms with Gasteiger partial charge in [0, 0.05) is 63.3 Å². The molecule has 0 aliphatic carbocycles. The number of rotatable bonds is 6. The van der Waals surface area contributed by atoms with Crippen LogP contribution in [0.1, 0.15) is 58.7 Å². The van der Waals surface area contributed by atoms with Crippen LogP contribution in [0.25, 0.3) is 0 Å². The number of likely N-dealkylation sites (tertiary alicyclic amines) is 1. The Labute approximate surface area is 184 Å². The molecule has 1 saturated heterocycles. The minimum atomic E-state index is 0.0843. The molecular weight excluding hydrogens is 390 g/mol. The summed E-state index contributed by atoms with van der Waals surface area (Å²) in [6, 6.07) is 7.77. The number of fused-ring (bicyclic) bond motifs is 1. The van der Waals surface area contributed by atoms with E-state index in [9.17, 15) is 4.79 Å². The monoisotopic (exact) mass is 423 g/mol. The Hall–Kier alpha value is -2.51. The molecule has 4 rings (SSSR count). The highest BCUT2D eigenvalue weighted by Crippen LogP contribution is 2.30. The van der Waals surface area contributed by atoms with Crippen LogP contribution in [-0.4, -0.2) is 66.0 Å². The lowest BCUT2D eigenvalue weighted by Crippen LogP contribution is -2.40. The smallest absolute Gasteiger partial charge is 0.253 e. The van der Waals surface area contributed by atoms with Gasteiger partial charge < -0.3 is 19.9 Å². The van der Waals surface area contributed by atoms with E-state index in [-0.39, 0.29) is 11.8 Å². The number of nitrogens with zero attached hydrogens (tertiary/aromatic N) is 4. The zero-order valence-corrected chi connectivity index (χ0v) is 18.9. The van der Waals surface area contributed by atoms with Crippen LogP contribution >= 0.6 is 0 Å². The molecule has 1 N–H and O–H groups in total. The average molecular weight is 424 g/mol. The number of carbonyl (C=O) groups excluding carboxylic acids is 1. The molecule has 0 bridgehead atoms. The summed E-state index contributed by atoms with van der Waals surface area (Å²) in [5.41, 5.74) is 4.17. The predicted octanol–water partition coefficient (Wildman–Crippen LogP) is 3.06. The minimum Gasteiger partial charge on any atom is -0.377 e. The number of anilines is 1. The van der Waals surface area contributed by atoms with E-state index in [0.29, 0.717) is 19.8 Å². The third-order valence-corrected chi connectivity index (χ3v) is 6.25. The first-order valence-electron chi connectivity index (χ1n) is 11.3. The third-order valence-electron chi connectivity index (χ3n) is 6.25. The van der Waals surface area contributed by atoms with Gasteiger partial charge in [0.1, 0.15) is 11.6 Å². The van der Waals surface area contributed by atoms with Gasteiger partial charge in [0.15, 0.2) is 0 Å². The van der Waals surface area contributed by atoms with E-state index in [1.165, 1.54) is 5.56 Å². The Morgan fingerprint density at radius 3 is 2.77 bits per heavy atom. The van der Waals surface area contributed by atoms with Crippen molar-refractivity contribution in [1.29, 1.82) is 0 Å². The lowest BCUT2D eigenvalue weighted by Gasteiger charge is -2.33.